The van der Waals surface area contributed by atoms with Gasteiger partial charge in [0.2, 0.25) is 5.91 Å². The third-order valence-electron chi connectivity index (χ3n) is 2.60. The maximum atomic E-state index is 11.7. The van der Waals surface area contributed by atoms with E-state index in [4.69, 9.17) is 0 Å². The maximum absolute atomic E-state index is 11.7. The van der Waals surface area contributed by atoms with Crippen molar-refractivity contribution >= 4 is 27.5 Å². The van der Waals surface area contributed by atoms with Crippen LogP contribution in [-0.4, -0.2) is 17.3 Å². The Balaban J connectivity index is 2.33. The minimum atomic E-state index is 0.210. The third-order valence-corrected chi connectivity index (χ3v) is 3.21. The van der Waals surface area contributed by atoms with Gasteiger partial charge in [0.25, 0.3) is 0 Å². The summed E-state index contributed by atoms with van der Waals surface area (Å²) in [5, 5.41) is 0. The Bertz CT molecular complexity index is 382. The second-order valence-corrected chi connectivity index (χ2v) is 5.45. The van der Waals surface area contributed by atoms with Crippen molar-refractivity contribution < 1.29 is 4.79 Å². The van der Waals surface area contributed by atoms with Gasteiger partial charge in [-0.15, -0.1) is 0 Å². The van der Waals surface area contributed by atoms with Crippen molar-refractivity contribution in [2.45, 2.75) is 25.1 Å². The van der Waals surface area contributed by atoms with Crippen molar-refractivity contribution in [2.75, 3.05) is 11.4 Å². The van der Waals surface area contributed by atoms with Gasteiger partial charge in [-0.05, 0) is 37.1 Å². The molecule has 1 atom stereocenters. The Labute approximate surface area is 98.4 Å². The summed E-state index contributed by atoms with van der Waals surface area (Å²) in [5.41, 5.74) is 3.44. The highest BCUT2D eigenvalue weighted by atomic mass is 79.9. The number of carbonyl (C=O) groups excluding carboxylic acids is 1. The molecule has 1 aromatic rings. The highest BCUT2D eigenvalue weighted by molar-refractivity contribution is 9.09. The summed E-state index contributed by atoms with van der Waals surface area (Å²) in [4.78, 5) is 13.9. The number of carbonyl (C=O) groups is 1. The Kier molecular flexibility index (Phi) is 2.83. The fraction of sp³-hybridized carbons (Fsp3) is 0.417. The summed E-state index contributed by atoms with van der Waals surface area (Å²) in [6.07, 6.45) is 0.604. The Morgan fingerprint density at radius 2 is 1.87 bits per heavy atom. The largest absolute Gasteiger partial charge is 0.311 e. The fourth-order valence-electron chi connectivity index (χ4n) is 2.02. The van der Waals surface area contributed by atoms with E-state index in [9.17, 15) is 4.79 Å². The van der Waals surface area contributed by atoms with Crippen molar-refractivity contribution in [3.05, 3.63) is 29.3 Å². The molecule has 1 aliphatic heterocycles. The minimum Gasteiger partial charge on any atom is -0.311 e. The SMILES string of the molecule is Cc1cc(C)cc(N2CC(Br)CC2=O)c1. The van der Waals surface area contributed by atoms with Gasteiger partial charge in [0.05, 0.1) is 0 Å². The lowest BCUT2D eigenvalue weighted by molar-refractivity contribution is -0.117. The Hall–Kier alpha value is -0.830. The van der Waals surface area contributed by atoms with Gasteiger partial charge in [0.15, 0.2) is 0 Å². The molecular weight excluding hydrogens is 254 g/mol. The van der Waals surface area contributed by atoms with E-state index in [1.54, 1.807) is 0 Å². The highest BCUT2D eigenvalue weighted by Gasteiger charge is 2.28. The molecule has 2 nitrogen and oxygen atoms in total. The van der Waals surface area contributed by atoms with E-state index in [1.165, 1.54) is 11.1 Å². The summed E-state index contributed by atoms with van der Waals surface area (Å²) in [5.74, 6) is 0.210. The number of anilines is 1. The molecule has 0 aromatic heterocycles. The monoisotopic (exact) mass is 267 g/mol. The van der Waals surface area contributed by atoms with Gasteiger partial charge >= 0.3 is 0 Å². The zero-order valence-electron chi connectivity index (χ0n) is 8.96. The standard InChI is InChI=1S/C12H14BrNO/c1-8-3-9(2)5-11(4-8)14-7-10(13)6-12(14)15/h3-5,10H,6-7H2,1-2H3. The number of hydrogen-bond acceptors (Lipinski definition) is 1. The van der Waals surface area contributed by atoms with Gasteiger partial charge in [0.1, 0.15) is 0 Å². The van der Waals surface area contributed by atoms with Crippen LogP contribution in [0.3, 0.4) is 0 Å². The van der Waals surface area contributed by atoms with Crippen LogP contribution in [0.1, 0.15) is 17.5 Å². The fourth-order valence-corrected chi connectivity index (χ4v) is 2.59. The Morgan fingerprint density at radius 3 is 2.33 bits per heavy atom. The van der Waals surface area contributed by atoms with Crippen LogP contribution in [0, 0.1) is 13.8 Å². The van der Waals surface area contributed by atoms with Crippen molar-refractivity contribution in [1.82, 2.24) is 0 Å². The smallest absolute Gasteiger partial charge is 0.228 e. The van der Waals surface area contributed by atoms with Gasteiger partial charge in [-0.25, -0.2) is 0 Å². The average Bonchev–Trinajstić information content (AvgIpc) is 2.43. The Morgan fingerprint density at radius 1 is 1.27 bits per heavy atom. The van der Waals surface area contributed by atoms with Gasteiger partial charge in [0, 0.05) is 23.5 Å². The molecule has 15 heavy (non-hydrogen) atoms. The van der Waals surface area contributed by atoms with E-state index in [-0.39, 0.29) is 5.91 Å². The average molecular weight is 268 g/mol. The van der Waals surface area contributed by atoms with Crippen LogP contribution in [0.15, 0.2) is 18.2 Å². The normalized spacial score (nSPS) is 21.1. The van der Waals surface area contributed by atoms with Gasteiger partial charge in [-0.1, -0.05) is 22.0 Å². The summed E-state index contributed by atoms with van der Waals surface area (Å²) in [7, 11) is 0. The molecule has 80 valence electrons. The molecule has 0 aliphatic carbocycles. The lowest BCUT2D eigenvalue weighted by atomic mass is 10.1. The predicted molar refractivity (Wildman–Crippen MR) is 65.6 cm³/mol. The number of nitrogens with zero attached hydrogens (tertiary/aromatic N) is 1. The molecule has 0 N–H and O–H groups in total. The van der Waals surface area contributed by atoms with E-state index in [0.29, 0.717) is 11.2 Å². The van der Waals surface area contributed by atoms with Gasteiger partial charge in [-0.2, -0.15) is 0 Å². The first-order chi connectivity index (χ1) is 7.06. The second kappa shape index (κ2) is 3.97. The van der Waals surface area contributed by atoms with Crippen LogP contribution in [0.2, 0.25) is 0 Å². The molecule has 1 aromatic carbocycles. The van der Waals surface area contributed by atoms with Crippen LogP contribution < -0.4 is 4.90 Å². The van der Waals surface area contributed by atoms with E-state index >= 15 is 0 Å². The number of alkyl halides is 1. The lowest BCUT2D eigenvalue weighted by Crippen LogP contribution is -2.24. The second-order valence-electron chi connectivity index (χ2n) is 4.15. The summed E-state index contributed by atoms with van der Waals surface area (Å²) >= 11 is 3.49. The first-order valence-electron chi connectivity index (χ1n) is 5.09. The number of halogens is 1. The molecule has 0 saturated carbocycles. The molecule has 1 heterocycles. The van der Waals surface area contributed by atoms with Crippen LogP contribution in [-0.2, 0) is 4.79 Å². The van der Waals surface area contributed by atoms with Crippen LogP contribution in [0.25, 0.3) is 0 Å². The molecule has 1 fully saturated rings. The molecule has 0 spiro atoms. The molecule has 2 rings (SSSR count). The molecule has 1 aliphatic rings. The van der Waals surface area contributed by atoms with Crippen molar-refractivity contribution in [3.63, 3.8) is 0 Å². The van der Waals surface area contributed by atoms with Gasteiger partial charge < -0.3 is 4.90 Å². The van der Waals surface area contributed by atoms with Crippen LogP contribution >= 0.6 is 15.9 Å². The molecule has 1 unspecified atom stereocenters. The summed E-state index contributed by atoms with van der Waals surface area (Å²) in [6.45, 7) is 4.90. The minimum absolute atomic E-state index is 0.210. The zero-order chi connectivity index (χ0) is 11.0. The summed E-state index contributed by atoms with van der Waals surface area (Å²) < 4.78 is 0. The number of aryl methyl sites for hydroxylation is 2. The van der Waals surface area contributed by atoms with Crippen molar-refractivity contribution in [2.24, 2.45) is 0 Å². The van der Waals surface area contributed by atoms with Gasteiger partial charge in [-0.3, -0.25) is 4.79 Å². The molecule has 1 saturated heterocycles. The third kappa shape index (κ3) is 2.23. The number of amides is 1. The zero-order valence-corrected chi connectivity index (χ0v) is 10.5. The lowest BCUT2D eigenvalue weighted by Gasteiger charge is -2.17. The van der Waals surface area contributed by atoms with E-state index in [2.05, 4.69) is 48.0 Å². The molecular formula is C12H14BrNO. The quantitative estimate of drug-likeness (QED) is 0.717. The van der Waals surface area contributed by atoms with E-state index < -0.39 is 0 Å². The number of benzene rings is 1. The number of hydrogen-bond donors (Lipinski definition) is 0. The maximum Gasteiger partial charge on any atom is 0.228 e. The van der Waals surface area contributed by atoms with E-state index in [0.717, 1.165) is 12.2 Å². The first kappa shape index (κ1) is 10.7. The number of rotatable bonds is 1. The van der Waals surface area contributed by atoms with Crippen LogP contribution in [0.4, 0.5) is 5.69 Å². The molecule has 3 heteroatoms. The van der Waals surface area contributed by atoms with E-state index in [1.807, 2.05) is 4.90 Å². The first-order valence-corrected chi connectivity index (χ1v) is 6.00. The summed E-state index contributed by atoms with van der Waals surface area (Å²) in [6, 6.07) is 6.25. The van der Waals surface area contributed by atoms with Crippen LogP contribution in [0.5, 0.6) is 0 Å². The van der Waals surface area contributed by atoms with Crippen molar-refractivity contribution in [1.29, 1.82) is 0 Å². The molecule has 1 amide bonds. The molecule has 0 radical (unpaired) electrons. The predicted octanol–water partition coefficient (Wildman–Crippen LogP) is 2.80. The van der Waals surface area contributed by atoms with Crippen molar-refractivity contribution in [3.8, 4) is 0 Å². The molecule has 0 bridgehead atoms. The topological polar surface area (TPSA) is 20.3 Å². The highest BCUT2D eigenvalue weighted by Crippen LogP contribution is 2.26.